The van der Waals surface area contributed by atoms with E-state index >= 15 is 0 Å². The molecule has 0 saturated heterocycles. The van der Waals surface area contributed by atoms with E-state index in [1.165, 1.54) is 161 Å². The number of ether oxygens (including phenoxy) is 4. The van der Waals surface area contributed by atoms with Gasteiger partial charge in [0.05, 0.1) is 20.6 Å². The van der Waals surface area contributed by atoms with E-state index in [9.17, 15) is 9.59 Å². The number of unbranched alkanes of at least 4 members (excludes halogenated alkanes) is 23. The molecule has 0 heterocycles. The normalized spacial score (nSPS) is 11.8. The van der Waals surface area contributed by atoms with Crippen LogP contribution in [0.4, 0.5) is 0 Å². The van der Waals surface area contributed by atoms with E-state index in [0.717, 1.165) is 37.1 Å². The van der Waals surface area contributed by atoms with Crippen LogP contribution in [0.15, 0.2) is 60.7 Å². The molecule has 400 valence electrons. The molecule has 10 heteroatoms. The number of nitrogens with one attached hydrogen (secondary N) is 2. The van der Waals surface area contributed by atoms with E-state index in [1.807, 2.05) is 30.3 Å². The summed E-state index contributed by atoms with van der Waals surface area (Å²) in [5.74, 6) is 2.77. The highest BCUT2D eigenvalue weighted by Crippen LogP contribution is 2.29. The van der Waals surface area contributed by atoms with Crippen LogP contribution in [0, 0.1) is 5.92 Å². The van der Waals surface area contributed by atoms with E-state index < -0.39 is 0 Å². The molecule has 2 aromatic rings. The fourth-order valence-electron chi connectivity index (χ4n) is 7.96. The molecule has 6 N–H and O–H groups in total. The topological polar surface area (TPSA) is 147 Å². The molecule has 0 aromatic heterocycles. The highest BCUT2D eigenvalue weighted by molar-refractivity contribution is 5.77. The number of carbonyl (C=O) groups excluding carboxylic acids is 2. The standard InChI is InChI=1S/C31H54N2O3.C29H50N2O3/c1-5-6-7-8-9-10-11-12-13-14-15-16-17-18-19-20-31(34)33-24-27-21-22-29(30(23-27)35-4)36-25-28(32)26(2)3;1-3-4-5-6-7-8-9-10-11-12-13-14-15-16-17-18-21-31-22-23-34-27-20-19-26(25-29(30)32)24-28(27)33-2/h12-13,21-23,26,28H,5-11,14-20,24-25,32H2,1-4H3,(H,33,34);10-11,19-20,24,31H,3-9,12-18,21-23,25H2,1-2H3,(H2,30,32)/b13-12-;11-10-/t28-;/m1./s1. The van der Waals surface area contributed by atoms with Crippen LogP contribution in [0.1, 0.15) is 219 Å². The monoisotopic (exact) mass is 977 g/mol. The Labute approximate surface area is 428 Å². The summed E-state index contributed by atoms with van der Waals surface area (Å²) in [5, 5.41) is 6.46. The first-order valence-corrected chi connectivity index (χ1v) is 28.1. The number of hydrogen-bond acceptors (Lipinski definition) is 8. The zero-order valence-electron chi connectivity index (χ0n) is 45.6. The van der Waals surface area contributed by atoms with E-state index in [4.69, 9.17) is 30.4 Å². The number of hydrogen-bond donors (Lipinski definition) is 4. The maximum atomic E-state index is 12.2. The van der Waals surface area contributed by atoms with E-state index in [-0.39, 0.29) is 24.3 Å². The molecule has 0 aliphatic rings. The van der Waals surface area contributed by atoms with Crippen molar-refractivity contribution in [1.29, 1.82) is 0 Å². The molecule has 0 unspecified atom stereocenters. The van der Waals surface area contributed by atoms with E-state index in [1.54, 1.807) is 20.3 Å². The quantitative estimate of drug-likeness (QED) is 0.0379. The van der Waals surface area contributed by atoms with Gasteiger partial charge in [-0.1, -0.05) is 173 Å². The second-order valence-electron chi connectivity index (χ2n) is 19.5. The number of primary amides is 1. The summed E-state index contributed by atoms with van der Waals surface area (Å²) >= 11 is 0. The Morgan fingerprint density at radius 2 is 1.00 bits per heavy atom. The summed E-state index contributed by atoms with van der Waals surface area (Å²) in [5.41, 5.74) is 13.1. The van der Waals surface area contributed by atoms with Gasteiger partial charge in [0.15, 0.2) is 23.0 Å². The van der Waals surface area contributed by atoms with E-state index in [0.29, 0.717) is 55.1 Å². The lowest BCUT2D eigenvalue weighted by Crippen LogP contribution is -2.33. The van der Waals surface area contributed by atoms with Crippen LogP contribution in [-0.2, 0) is 22.6 Å². The molecule has 0 aliphatic heterocycles. The summed E-state index contributed by atoms with van der Waals surface area (Å²) in [4.78, 5) is 23.3. The molecule has 0 spiro atoms. The van der Waals surface area contributed by atoms with Gasteiger partial charge in [0.25, 0.3) is 0 Å². The van der Waals surface area contributed by atoms with Gasteiger partial charge < -0.3 is 41.0 Å². The molecule has 0 bridgehead atoms. The number of allylic oxidation sites excluding steroid dienone is 4. The summed E-state index contributed by atoms with van der Waals surface area (Å²) in [6, 6.07) is 11.2. The Hall–Kier alpha value is -4.02. The van der Waals surface area contributed by atoms with Crippen LogP contribution in [0.2, 0.25) is 0 Å². The van der Waals surface area contributed by atoms with Crippen molar-refractivity contribution in [1.82, 2.24) is 10.6 Å². The van der Waals surface area contributed by atoms with Crippen molar-refractivity contribution >= 4 is 11.8 Å². The summed E-state index contributed by atoms with van der Waals surface area (Å²) < 4.78 is 22.5. The molecule has 0 aliphatic carbocycles. The highest BCUT2D eigenvalue weighted by Gasteiger charge is 2.12. The predicted octanol–water partition coefficient (Wildman–Crippen LogP) is 14.4. The van der Waals surface area contributed by atoms with Crippen molar-refractivity contribution in [3.63, 3.8) is 0 Å². The summed E-state index contributed by atoms with van der Waals surface area (Å²) in [6.45, 7) is 12.0. The Balaban J connectivity index is 0.000000701. The number of benzene rings is 2. The molecule has 2 rings (SSSR count). The second-order valence-corrected chi connectivity index (χ2v) is 19.5. The average Bonchev–Trinajstić information content (AvgIpc) is 3.35. The van der Waals surface area contributed by atoms with Gasteiger partial charge >= 0.3 is 0 Å². The number of methoxy groups -OCH3 is 2. The zero-order chi connectivity index (χ0) is 51.1. The zero-order valence-corrected chi connectivity index (χ0v) is 45.6. The maximum absolute atomic E-state index is 12.2. The summed E-state index contributed by atoms with van der Waals surface area (Å²) in [6.07, 6.45) is 45.4. The third-order valence-corrected chi connectivity index (χ3v) is 12.7. The minimum Gasteiger partial charge on any atom is -0.493 e. The molecular weight excluding hydrogens is 873 g/mol. The summed E-state index contributed by atoms with van der Waals surface area (Å²) in [7, 11) is 3.22. The molecular formula is C60H104N4O6. The lowest BCUT2D eigenvalue weighted by Gasteiger charge is -2.18. The molecule has 2 aromatic carbocycles. The number of nitrogens with two attached hydrogens (primary N) is 2. The van der Waals surface area contributed by atoms with Gasteiger partial charge in [-0.05, 0) is 112 Å². The predicted molar refractivity (Wildman–Crippen MR) is 296 cm³/mol. The minimum atomic E-state index is -0.355. The Morgan fingerprint density at radius 1 is 0.557 bits per heavy atom. The average molecular weight is 978 g/mol. The third-order valence-electron chi connectivity index (χ3n) is 12.7. The Morgan fingerprint density at radius 3 is 1.49 bits per heavy atom. The fraction of sp³-hybridized carbons (Fsp3) is 0.700. The SMILES string of the molecule is CCCCCCCC/C=C\CCCCCCCC(=O)NCc1ccc(OC[C@@H](N)C(C)C)c(OC)c1.CCCCCCCC/C=C\CCCCCCCCNCCOc1ccc(CC(N)=O)cc1OC. The molecule has 70 heavy (non-hydrogen) atoms. The van der Waals surface area contributed by atoms with Crippen molar-refractivity contribution in [2.75, 3.05) is 40.5 Å². The van der Waals surface area contributed by atoms with Gasteiger partial charge in [0, 0.05) is 25.6 Å². The molecule has 2 amide bonds. The molecule has 0 fully saturated rings. The lowest BCUT2D eigenvalue weighted by molar-refractivity contribution is -0.121. The van der Waals surface area contributed by atoms with Crippen LogP contribution >= 0.6 is 0 Å². The van der Waals surface area contributed by atoms with Gasteiger partial charge in [-0.3, -0.25) is 9.59 Å². The van der Waals surface area contributed by atoms with Crippen LogP contribution in [0.3, 0.4) is 0 Å². The third kappa shape index (κ3) is 36.9. The van der Waals surface area contributed by atoms with Gasteiger partial charge in [0.1, 0.15) is 13.2 Å². The van der Waals surface area contributed by atoms with Crippen molar-refractivity contribution in [2.24, 2.45) is 17.4 Å². The second kappa shape index (κ2) is 46.1. The molecule has 1 atom stereocenters. The largest absolute Gasteiger partial charge is 0.493 e. The van der Waals surface area contributed by atoms with Gasteiger partial charge in [-0.25, -0.2) is 0 Å². The van der Waals surface area contributed by atoms with Gasteiger partial charge in [-0.15, -0.1) is 0 Å². The van der Waals surface area contributed by atoms with Crippen LogP contribution < -0.4 is 41.0 Å². The highest BCUT2D eigenvalue weighted by atomic mass is 16.5. The van der Waals surface area contributed by atoms with Crippen molar-refractivity contribution in [3.8, 4) is 23.0 Å². The van der Waals surface area contributed by atoms with Gasteiger partial charge in [0.2, 0.25) is 11.8 Å². The fourth-order valence-corrected chi connectivity index (χ4v) is 7.96. The maximum Gasteiger partial charge on any atom is 0.221 e. The lowest BCUT2D eigenvalue weighted by atomic mass is 10.1. The first kappa shape index (κ1) is 64.0. The Bertz CT molecular complexity index is 1610. The molecule has 0 radical (unpaired) electrons. The van der Waals surface area contributed by atoms with Crippen LogP contribution in [0.5, 0.6) is 23.0 Å². The smallest absolute Gasteiger partial charge is 0.221 e. The molecule has 10 nitrogen and oxygen atoms in total. The van der Waals surface area contributed by atoms with Crippen molar-refractivity contribution in [2.45, 2.75) is 226 Å². The van der Waals surface area contributed by atoms with Gasteiger partial charge in [-0.2, -0.15) is 0 Å². The van der Waals surface area contributed by atoms with Crippen LogP contribution in [0.25, 0.3) is 0 Å². The molecule has 0 saturated carbocycles. The minimum absolute atomic E-state index is 0.0229. The van der Waals surface area contributed by atoms with Crippen molar-refractivity contribution in [3.05, 3.63) is 71.8 Å². The number of carbonyl (C=O) groups is 2. The first-order chi connectivity index (χ1) is 34.1. The first-order valence-electron chi connectivity index (χ1n) is 28.1. The Kier molecular flexibility index (Phi) is 42.1. The van der Waals surface area contributed by atoms with Crippen LogP contribution in [-0.4, -0.2) is 58.4 Å². The number of amides is 2. The van der Waals surface area contributed by atoms with Crippen molar-refractivity contribution < 1.29 is 28.5 Å². The number of rotatable bonds is 45. The van der Waals surface area contributed by atoms with E-state index in [2.05, 4.69) is 62.6 Å².